The fourth-order valence-electron chi connectivity index (χ4n) is 2.42. The fourth-order valence-corrected chi connectivity index (χ4v) is 2.42. The van der Waals surface area contributed by atoms with Gasteiger partial charge in [-0.2, -0.15) is 0 Å². The average Bonchev–Trinajstić information content (AvgIpc) is 2.89. The lowest BCUT2D eigenvalue weighted by Gasteiger charge is -2.20. The first-order chi connectivity index (χ1) is 9.52. The van der Waals surface area contributed by atoms with Crippen LogP contribution in [0, 0.1) is 11.8 Å². The van der Waals surface area contributed by atoms with Crippen LogP contribution in [0.1, 0.15) is 33.1 Å². The van der Waals surface area contributed by atoms with Crippen molar-refractivity contribution >= 4 is 12.0 Å². The molecule has 0 saturated carbocycles. The Morgan fingerprint density at radius 2 is 1.80 bits per heavy atom. The van der Waals surface area contributed by atoms with Crippen molar-refractivity contribution in [1.29, 1.82) is 0 Å². The van der Waals surface area contributed by atoms with Crippen LogP contribution in [-0.2, 0) is 4.79 Å². The number of carbonyl (C=O) groups excluding carboxylic acids is 1. The highest BCUT2D eigenvalue weighted by molar-refractivity contribution is 5.75. The largest absolute Gasteiger partial charge is 0.481 e. The van der Waals surface area contributed by atoms with Gasteiger partial charge in [-0.15, -0.1) is 0 Å². The third-order valence-electron chi connectivity index (χ3n) is 3.73. The fraction of sp³-hybridized carbons (Fsp3) is 0.857. The lowest BCUT2D eigenvalue weighted by molar-refractivity contribution is -0.141. The molecular formula is C14H27N3O3. The highest BCUT2D eigenvalue weighted by atomic mass is 16.4. The van der Waals surface area contributed by atoms with E-state index in [1.54, 1.807) is 6.92 Å². The summed E-state index contributed by atoms with van der Waals surface area (Å²) < 4.78 is 0. The zero-order chi connectivity index (χ0) is 15.0. The zero-order valence-corrected chi connectivity index (χ0v) is 12.5. The Bertz CT molecular complexity index is 317. The molecule has 1 aliphatic rings. The predicted octanol–water partition coefficient (Wildman–Crippen LogP) is 1.13. The molecule has 1 heterocycles. The summed E-state index contributed by atoms with van der Waals surface area (Å²) >= 11 is 0. The van der Waals surface area contributed by atoms with Gasteiger partial charge in [-0.1, -0.05) is 13.8 Å². The third kappa shape index (κ3) is 6.23. The van der Waals surface area contributed by atoms with Crippen molar-refractivity contribution in [3.05, 3.63) is 0 Å². The van der Waals surface area contributed by atoms with Gasteiger partial charge in [-0.3, -0.25) is 4.79 Å². The molecule has 2 atom stereocenters. The van der Waals surface area contributed by atoms with Crippen molar-refractivity contribution in [2.24, 2.45) is 11.8 Å². The van der Waals surface area contributed by atoms with Gasteiger partial charge in [-0.05, 0) is 38.3 Å². The molecule has 1 aliphatic heterocycles. The Labute approximate surface area is 120 Å². The van der Waals surface area contributed by atoms with Gasteiger partial charge >= 0.3 is 12.0 Å². The molecule has 6 heteroatoms. The summed E-state index contributed by atoms with van der Waals surface area (Å²) in [7, 11) is 0. The molecule has 116 valence electrons. The normalized spacial score (nSPS) is 18.5. The molecule has 0 aromatic heterocycles. The van der Waals surface area contributed by atoms with Gasteiger partial charge < -0.3 is 20.6 Å². The molecule has 3 N–H and O–H groups in total. The minimum absolute atomic E-state index is 0.179. The van der Waals surface area contributed by atoms with Crippen LogP contribution < -0.4 is 10.6 Å². The average molecular weight is 285 g/mol. The van der Waals surface area contributed by atoms with E-state index in [-0.39, 0.29) is 12.6 Å². The van der Waals surface area contributed by atoms with Crippen molar-refractivity contribution in [3.63, 3.8) is 0 Å². The van der Waals surface area contributed by atoms with E-state index in [0.29, 0.717) is 18.9 Å². The smallest absolute Gasteiger partial charge is 0.314 e. The number of rotatable bonds is 8. The predicted molar refractivity (Wildman–Crippen MR) is 77.7 cm³/mol. The number of hydrogen-bond acceptors (Lipinski definition) is 3. The van der Waals surface area contributed by atoms with E-state index < -0.39 is 11.9 Å². The quantitative estimate of drug-likeness (QED) is 0.624. The molecule has 1 saturated heterocycles. The minimum Gasteiger partial charge on any atom is -0.481 e. The van der Waals surface area contributed by atoms with Crippen molar-refractivity contribution in [3.8, 4) is 0 Å². The van der Waals surface area contributed by atoms with Crippen molar-refractivity contribution in [2.75, 3.05) is 32.7 Å². The van der Waals surface area contributed by atoms with Gasteiger partial charge in [-0.25, -0.2) is 4.79 Å². The van der Waals surface area contributed by atoms with Gasteiger partial charge in [0.15, 0.2) is 0 Å². The van der Waals surface area contributed by atoms with Gasteiger partial charge in [0.2, 0.25) is 0 Å². The molecule has 6 nitrogen and oxygen atoms in total. The van der Waals surface area contributed by atoms with E-state index in [1.807, 2.05) is 0 Å². The molecular weight excluding hydrogens is 258 g/mol. The molecule has 0 aliphatic carbocycles. The molecule has 0 radical (unpaired) electrons. The van der Waals surface area contributed by atoms with E-state index in [9.17, 15) is 9.59 Å². The number of likely N-dealkylation sites (tertiary alicyclic amines) is 1. The van der Waals surface area contributed by atoms with Crippen molar-refractivity contribution in [1.82, 2.24) is 15.5 Å². The van der Waals surface area contributed by atoms with Gasteiger partial charge in [0.25, 0.3) is 0 Å². The summed E-state index contributed by atoms with van der Waals surface area (Å²) in [5.41, 5.74) is 0. The number of hydrogen-bond donors (Lipinski definition) is 3. The molecule has 2 unspecified atom stereocenters. The van der Waals surface area contributed by atoms with E-state index in [1.165, 1.54) is 12.8 Å². The van der Waals surface area contributed by atoms with Crippen molar-refractivity contribution in [2.45, 2.75) is 33.1 Å². The summed E-state index contributed by atoms with van der Waals surface area (Å²) in [6, 6.07) is -0.280. The zero-order valence-electron chi connectivity index (χ0n) is 12.5. The summed E-state index contributed by atoms with van der Waals surface area (Å²) in [4.78, 5) is 24.8. The maximum Gasteiger partial charge on any atom is 0.314 e. The number of amides is 2. The Kier molecular flexibility index (Phi) is 7.36. The molecule has 1 rings (SSSR count). The first kappa shape index (κ1) is 16.8. The van der Waals surface area contributed by atoms with Crippen LogP contribution in [0.3, 0.4) is 0 Å². The monoisotopic (exact) mass is 285 g/mol. The first-order valence-corrected chi connectivity index (χ1v) is 7.49. The SMILES string of the molecule is CCC(CNC(=O)NCC(C)CN1CCCC1)C(=O)O. The minimum atomic E-state index is -0.866. The van der Waals surface area contributed by atoms with Gasteiger partial charge in [0, 0.05) is 19.6 Å². The Morgan fingerprint density at radius 3 is 2.35 bits per heavy atom. The number of carbonyl (C=O) groups is 2. The Morgan fingerprint density at radius 1 is 1.20 bits per heavy atom. The highest BCUT2D eigenvalue weighted by Gasteiger charge is 2.17. The van der Waals surface area contributed by atoms with E-state index >= 15 is 0 Å². The second-order valence-corrected chi connectivity index (χ2v) is 5.65. The van der Waals surface area contributed by atoms with Crippen LogP contribution in [0.5, 0.6) is 0 Å². The first-order valence-electron chi connectivity index (χ1n) is 7.49. The maximum absolute atomic E-state index is 11.6. The third-order valence-corrected chi connectivity index (χ3v) is 3.73. The number of urea groups is 1. The second kappa shape index (κ2) is 8.79. The number of aliphatic carboxylic acids is 1. The van der Waals surface area contributed by atoms with Crippen LogP contribution in [0.15, 0.2) is 0 Å². The van der Waals surface area contributed by atoms with Gasteiger partial charge in [0.1, 0.15) is 0 Å². The van der Waals surface area contributed by atoms with E-state index in [2.05, 4.69) is 22.5 Å². The van der Waals surface area contributed by atoms with Gasteiger partial charge in [0.05, 0.1) is 5.92 Å². The van der Waals surface area contributed by atoms with Crippen LogP contribution in [0.4, 0.5) is 4.79 Å². The Hall–Kier alpha value is -1.30. The highest BCUT2D eigenvalue weighted by Crippen LogP contribution is 2.09. The van der Waals surface area contributed by atoms with Crippen molar-refractivity contribution < 1.29 is 14.7 Å². The maximum atomic E-state index is 11.6. The van der Waals surface area contributed by atoms with E-state index in [0.717, 1.165) is 19.6 Å². The lowest BCUT2D eigenvalue weighted by Crippen LogP contribution is -2.42. The molecule has 2 amide bonds. The molecule has 20 heavy (non-hydrogen) atoms. The van der Waals surface area contributed by atoms with E-state index in [4.69, 9.17) is 5.11 Å². The molecule has 0 bridgehead atoms. The van der Waals surface area contributed by atoms with Crippen LogP contribution >= 0.6 is 0 Å². The number of nitrogens with zero attached hydrogens (tertiary/aromatic N) is 1. The van der Waals surface area contributed by atoms with Crippen LogP contribution in [0.2, 0.25) is 0 Å². The summed E-state index contributed by atoms with van der Waals surface area (Å²) in [6.07, 6.45) is 3.06. The number of nitrogens with one attached hydrogen (secondary N) is 2. The summed E-state index contributed by atoms with van der Waals surface area (Å²) in [6.45, 7) is 8.04. The molecule has 1 fully saturated rings. The second-order valence-electron chi connectivity index (χ2n) is 5.65. The molecule has 0 aromatic rings. The lowest BCUT2D eigenvalue weighted by atomic mass is 10.1. The van der Waals surface area contributed by atoms with Crippen LogP contribution in [-0.4, -0.2) is 54.7 Å². The molecule has 0 spiro atoms. The topological polar surface area (TPSA) is 81.7 Å². The number of carboxylic acid groups (broad SMARTS) is 1. The summed E-state index contributed by atoms with van der Waals surface area (Å²) in [5.74, 6) is -0.974. The standard InChI is InChI=1S/C14H27N3O3/c1-3-12(13(18)19)9-16-14(20)15-8-11(2)10-17-6-4-5-7-17/h11-12H,3-10H2,1-2H3,(H,18,19)(H2,15,16,20). The summed E-state index contributed by atoms with van der Waals surface area (Å²) in [5, 5.41) is 14.3. The number of carboxylic acids is 1. The Balaban J connectivity index is 2.13. The molecule has 0 aromatic carbocycles. The van der Waals surface area contributed by atoms with Crippen LogP contribution in [0.25, 0.3) is 0 Å².